The molecule has 0 saturated carbocycles. The standard InChI is InChI=1S/C12H10FNO4/c1-12(11(17)18,5-10(15)16)8-2-7(6-14)3-9(13)4-8/h2-4H,5H2,1H3,(H,15,16)(H,17,18). The molecule has 1 aromatic carbocycles. The highest BCUT2D eigenvalue weighted by Crippen LogP contribution is 2.29. The minimum Gasteiger partial charge on any atom is -0.481 e. The summed E-state index contributed by atoms with van der Waals surface area (Å²) in [5, 5.41) is 26.5. The van der Waals surface area contributed by atoms with Crippen molar-refractivity contribution in [2.75, 3.05) is 0 Å². The number of aliphatic carboxylic acids is 2. The molecule has 1 unspecified atom stereocenters. The summed E-state index contributed by atoms with van der Waals surface area (Å²) in [4.78, 5) is 21.9. The van der Waals surface area contributed by atoms with Crippen molar-refractivity contribution < 1.29 is 24.2 Å². The first-order chi connectivity index (χ1) is 8.29. The van der Waals surface area contributed by atoms with Crippen LogP contribution in [0.1, 0.15) is 24.5 Å². The summed E-state index contributed by atoms with van der Waals surface area (Å²) < 4.78 is 13.3. The fourth-order valence-electron chi connectivity index (χ4n) is 1.58. The van der Waals surface area contributed by atoms with E-state index in [1.807, 2.05) is 0 Å². The Balaban J connectivity index is 3.39. The van der Waals surface area contributed by atoms with Crippen molar-refractivity contribution in [3.8, 4) is 6.07 Å². The molecule has 6 heteroatoms. The van der Waals surface area contributed by atoms with Crippen LogP contribution < -0.4 is 0 Å². The van der Waals surface area contributed by atoms with Gasteiger partial charge < -0.3 is 10.2 Å². The molecule has 0 fully saturated rings. The zero-order chi connectivity index (χ0) is 13.9. The van der Waals surface area contributed by atoms with Crippen molar-refractivity contribution in [3.05, 3.63) is 35.1 Å². The first kappa shape index (κ1) is 13.6. The van der Waals surface area contributed by atoms with Crippen molar-refractivity contribution in [1.82, 2.24) is 0 Å². The zero-order valence-corrected chi connectivity index (χ0v) is 9.48. The van der Waals surface area contributed by atoms with E-state index in [1.165, 1.54) is 13.0 Å². The first-order valence-corrected chi connectivity index (χ1v) is 4.96. The Bertz CT molecular complexity index is 549. The SMILES string of the molecule is CC(CC(=O)O)(C(=O)O)c1cc(F)cc(C#N)c1. The second-order valence-electron chi connectivity index (χ2n) is 4.05. The van der Waals surface area contributed by atoms with Crippen LogP contribution in [-0.4, -0.2) is 22.2 Å². The van der Waals surface area contributed by atoms with Crippen molar-refractivity contribution in [3.63, 3.8) is 0 Å². The van der Waals surface area contributed by atoms with Gasteiger partial charge in [-0.15, -0.1) is 0 Å². The number of benzene rings is 1. The van der Waals surface area contributed by atoms with Crippen LogP contribution in [0.25, 0.3) is 0 Å². The van der Waals surface area contributed by atoms with E-state index in [-0.39, 0.29) is 11.1 Å². The van der Waals surface area contributed by atoms with E-state index in [2.05, 4.69) is 0 Å². The number of halogens is 1. The number of carboxylic acid groups (broad SMARTS) is 2. The Kier molecular flexibility index (Phi) is 3.67. The highest BCUT2D eigenvalue weighted by Gasteiger charge is 2.38. The molecule has 1 rings (SSSR count). The summed E-state index contributed by atoms with van der Waals surface area (Å²) in [6.07, 6.45) is -0.698. The average Bonchev–Trinajstić information content (AvgIpc) is 2.26. The van der Waals surface area contributed by atoms with E-state index >= 15 is 0 Å². The number of hydrogen-bond donors (Lipinski definition) is 2. The molecule has 0 heterocycles. The molecule has 1 atom stereocenters. The Morgan fingerprint density at radius 3 is 2.44 bits per heavy atom. The van der Waals surface area contributed by atoms with Crippen LogP contribution in [0.3, 0.4) is 0 Å². The Labute approximate surface area is 102 Å². The van der Waals surface area contributed by atoms with Crippen LogP contribution in [0.5, 0.6) is 0 Å². The molecule has 5 nitrogen and oxygen atoms in total. The fraction of sp³-hybridized carbons (Fsp3) is 0.250. The summed E-state index contributed by atoms with van der Waals surface area (Å²) in [7, 11) is 0. The van der Waals surface area contributed by atoms with Gasteiger partial charge in [0.2, 0.25) is 0 Å². The van der Waals surface area contributed by atoms with Gasteiger partial charge in [0, 0.05) is 0 Å². The maximum atomic E-state index is 13.3. The van der Waals surface area contributed by atoms with Gasteiger partial charge in [0.05, 0.1) is 18.1 Å². The van der Waals surface area contributed by atoms with Crippen LogP contribution in [0.2, 0.25) is 0 Å². The summed E-state index contributed by atoms with van der Waals surface area (Å²) in [6, 6.07) is 4.75. The van der Waals surface area contributed by atoms with Gasteiger partial charge in [-0.25, -0.2) is 4.39 Å². The quantitative estimate of drug-likeness (QED) is 0.845. The third-order valence-electron chi connectivity index (χ3n) is 2.64. The maximum Gasteiger partial charge on any atom is 0.314 e. The van der Waals surface area contributed by atoms with E-state index in [9.17, 15) is 14.0 Å². The smallest absolute Gasteiger partial charge is 0.314 e. The molecular weight excluding hydrogens is 241 g/mol. The van der Waals surface area contributed by atoms with Crippen LogP contribution in [0.15, 0.2) is 18.2 Å². The van der Waals surface area contributed by atoms with Crippen LogP contribution >= 0.6 is 0 Å². The Morgan fingerprint density at radius 2 is 2.00 bits per heavy atom. The van der Waals surface area contributed by atoms with E-state index in [4.69, 9.17) is 15.5 Å². The topological polar surface area (TPSA) is 98.4 Å². The lowest BCUT2D eigenvalue weighted by Gasteiger charge is -2.23. The van der Waals surface area contributed by atoms with Gasteiger partial charge in [-0.1, -0.05) is 0 Å². The first-order valence-electron chi connectivity index (χ1n) is 4.96. The largest absolute Gasteiger partial charge is 0.481 e. The summed E-state index contributed by atoms with van der Waals surface area (Å²) in [5.41, 5.74) is -1.88. The zero-order valence-electron chi connectivity index (χ0n) is 9.48. The van der Waals surface area contributed by atoms with Crippen molar-refractivity contribution in [2.24, 2.45) is 0 Å². The highest BCUT2D eigenvalue weighted by atomic mass is 19.1. The van der Waals surface area contributed by atoms with Crippen LogP contribution in [0, 0.1) is 17.1 Å². The number of nitriles is 1. The predicted molar refractivity (Wildman–Crippen MR) is 58.4 cm³/mol. The van der Waals surface area contributed by atoms with Gasteiger partial charge >= 0.3 is 11.9 Å². The van der Waals surface area contributed by atoms with Gasteiger partial charge in [0.1, 0.15) is 11.2 Å². The minimum absolute atomic E-state index is 0.0473. The average molecular weight is 251 g/mol. The monoisotopic (exact) mass is 251 g/mol. The molecule has 0 bridgehead atoms. The third-order valence-corrected chi connectivity index (χ3v) is 2.64. The number of hydrogen-bond acceptors (Lipinski definition) is 3. The predicted octanol–water partition coefficient (Wildman–Crippen LogP) is 1.51. The molecule has 0 saturated heterocycles. The minimum atomic E-state index is -1.78. The van der Waals surface area contributed by atoms with E-state index in [0.717, 1.165) is 12.1 Å². The second kappa shape index (κ2) is 4.84. The lowest BCUT2D eigenvalue weighted by Crippen LogP contribution is -2.35. The van der Waals surface area contributed by atoms with Gasteiger partial charge in [-0.2, -0.15) is 5.26 Å². The van der Waals surface area contributed by atoms with Crippen molar-refractivity contribution in [2.45, 2.75) is 18.8 Å². The van der Waals surface area contributed by atoms with E-state index < -0.39 is 29.6 Å². The lowest BCUT2D eigenvalue weighted by atomic mass is 9.79. The number of carboxylic acids is 2. The molecule has 2 N–H and O–H groups in total. The normalized spacial score (nSPS) is 13.4. The second-order valence-corrected chi connectivity index (χ2v) is 4.05. The molecule has 0 aromatic heterocycles. The number of nitrogens with zero attached hydrogens (tertiary/aromatic N) is 1. The molecule has 0 aliphatic carbocycles. The molecule has 18 heavy (non-hydrogen) atoms. The molecule has 0 spiro atoms. The van der Waals surface area contributed by atoms with Crippen molar-refractivity contribution in [1.29, 1.82) is 5.26 Å². The summed E-state index contributed by atoms with van der Waals surface area (Å²) in [6.45, 7) is 1.18. The number of rotatable bonds is 4. The third kappa shape index (κ3) is 2.63. The Hall–Kier alpha value is -2.42. The molecule has 94 valence electrons. The Morgan fingerprint density at radius 1 is 1.39 bits per heavy atom. The lowest BCUT2D eigenvalue weighted by molar-refractivity contribution is -0.149. The molecule has 0 aliphatic rings. The fourth-order valence-corrected chi connectivity index (χ4v) is 1.58. The molecule has 1 aromatic rings. The van der Waals surface area contributed by atoms with Gasteiger partial charge in [-0.3, -0.25) is 9.59 Å². The molecule has 0 amide bonds. The van der Waals surface area contributed by atoms with Gasteiger partial charge in [-0.05, 0) is 30.7 Å². The van der Waals surface area contributed by atoms with Crippen LogP contribution in [-0.2, 0) is 15.0 Å². The number of carbonyl (C=O) groups is 2. The molecule has 0 aliphatic heterocycles. The highest BCUT2D eigenvalue weighted by molar-refractivity contribution is 5.86. The molecule has 0 radical (unpaired) electrons. The van der Waals surface area contributed by atoms with E-state index in [0.29, 0.717) is 0 Å². The van der Waals surface area contributed by atoms with Crippen LogP contribution in [0.4, 0.5) is 4.39 Å². The summed E-state index contributed by atoms with van der Waals surface area (Å²) >= 11 is 0. The molecular formula is C12H10FNO4. The van der Waals surface area contributed by atoms with E-state index in [1.54, 1.807) is 6.07 Å². The van der Waals surface area contributed by atoms with Crippen molar-refractivity contribution >= 4 is 11.9 Å². The van der Waals surface area contributed by atoms with Gasteiger partial charge in [0.15, 0.2) is 0 Å². The van der Waals surface area contributed by atoms with Gasteiger partial charge in [0.25, 0.3) is 0 Å². The maximum absolute atomic E-state index is 13.3. The summed E-state index contributed by atoms with van der Waals surface area (Å²) in [5.74, 6) is -3.48.